The van der Waals surface area contributed by atoms with Crippen molar-refractivity contribution >= 4 is 27.3 Å². The van der Waals surface area contributed by atoms with Gasteiger partial charge in [0.25, 0.3) is 5.91 Å². The van der Waals surface area contributed by atoms with Gasteiger partial charge in [0.05, 0.1) is 4.90 Å². The fourth-order valence-corrected chi connectivity index (χ4v) is 4.37. The molecule has 0 atom stereocenters. The highest BCUT2D eigenvalue weighted by molar-refractivity contribution is 7.89. The Morgan fingerprint density at radius 2 is 1.63 bits per heavy atom. The number of benzene rings is 2. The van der Waals surface area contributed by atoms with Crippen LogP contribution in [0.5, 0.6) is 0 Å². The summed E-state index contributed by atoms with van der Waals surface area (Å²) in [7, 11) is -3.55. The number of rotatable bonds is 8. The number of carbonyl (C=O) groups is 1. The Bertz CT molecular complexity index is 887. The van der Waals surface area contributed by atoms with E-state index in [9.17, 15) is 13.2 Å². The third-order valence-corrected chi connectivity index (χ3v) is 6.12. The molecular weight excluding hydrogens is 362 g/mol. The van der Waals surface area contributed by atoms with Gasteiger partial charge in [-0.2, -0.15) is 4.31 Å². The Balaban J connectivity index is 2.20. The average molecular weight is 390 g/mol. The molecule has 0 aliphatic rings. The predicted octanol–water partition coefficient (Wildman–Crippen LogP) is 3.64. The van der Waals surface area contributed by atoms with Crippen molar-refractivity contribution in [2.45, 2.75) is 38.5 Å². The highest BCUT2D eigenvalue weighted by Crippen LogP contribution is 2.21. The third kappa shape index (κ3) is 5.08. The second kappa shape index (κ2) is 9.01. The molecule has 3 N–H and O–H groups in total. The molecule has 2 rings (SSSR count). The van der Waals surface area contributed by atoms with Gasteiger partial charge in [-0.15, -0.1) is 0 Å². The van der Waals surface area contributed by atoms with Crippen molar-refractivity contribution in [3.63, 3.8) is 0 Å². The molecule has 27 heavy (non-hydrogen) atoms. The zero-order chi connectivity index (χ0) is 20.0. The van der Waals surface area contributed by atoms with Gasteiger partial charge in [-0.25, -0.2) is 8.42 Å². The van der Waals surface area contributed by atoms with E-state index in [1.54, 1.807) is 12.1 Å². The lowest BCUT2D eigenvalue weighted by Crippen LogP contribution is -2.32. The highest BCUT2D eigenvalue weighted by atomic mass is 32.2. The lowest BCUT2D eigenvalue weighted by molar-refractivity contribution is 0.102. The summed E-state index contributed by atoms with van der Waals surface area (Å²) in [6.07, 6.45) is 1.50. The maximum Gasteiger partial charge on any atom is 0.255 e. The highest BCUT2D eigenvalue weighted by Gasteiger charge is 2.23. The minimum Gasteiger partial charge on any atom is -0.399 e. The number of aryl methyl sites for hydroxylation is 1. The number of carbonyl (C=O) groups excluding carboxylic acids is 1. The van der Waals surface area contributed by atoms with Crippen molar-refractivity contribution in [1.29, 1.82) is 0 Å². The molecule has 0 unspecified atom stereocenters. The molecule has 0 aromatic heterocycles. The Hall–Kier alpha value is -2.38. The number of hydrogen-bond acceptors (Lipinski definition) is 4. The number of nitrogens with two attached hydrogens (primary N) is 1. The third-order valence-electron chi connectivity index (χ3n) is 4.21. The number of amides is 1. The van der Waals surface area contributed by atoms with Crippen LogP contribution < -0.4 is 11.1 Å². The van der Waals surface area contributed by atoms with Gasteiger partial charge in [0.2, 0.25) is 10.0 Å². The first-order valence-corrected chi connectivity index (χ1v) is 10.5. The fraction of sp³-hybridized carbons (Fsp3) is 0.350. The van der Waals surface area contributed by atoms with Crippen molar-refractivity contribution in [2.24, 2.45) is 0 Å². The minimum atomic E-state index is -3.55. The molecule has 0 bridgehead atoms. The van der Waals surface area contributed by atoms with Gasteiger partial charge in [-0.1, -0.05) is 19.9 Å². The van der Waals surface area contributed by atoms with Crippen LogP contribution in [0.4, 0.5) is 11.4 Å². The van der Waals surface area contributed by atoms with Crippen LogP contribution in [0.15, 0.2) is 47.4 Å². The molecule has 0 saturated carbocycles. The smallest absolute Gasteiger partial charge is 0.255 e. The number of nitrogens with one attached hydrogen (secondary N) is 1. The molecule has 0 heterocycles. The van der Waals surface area contributed by atoms with Gasteiger partial charge in [-0.05, 0) is 61.7 Å². The molecule has 0 spiro atoms. The van der Waals surface area contributed by atoms with Gasteiger partial charge in [-0.3, -0.25) is 4.79 Å². The zero-order valence-electron chi connectivity index (χ0n) is 16.0. The maximum atomic E-state index is 12.8. The lowest BCUT2D eigenvalue weighted by atomic mass is 10.1. The summed E-state index contributed by atoms with van der Waals surface area (Å²) < 4.78 is 27.0. The summed E-state index contributed by atoms with van der Waals surface area (Å²) in [5, 5.41) is 2.81. The van der Waals surface area contributed by atoms with Crippen molar-refractivity contribution in [3.05, 3.63) is 53.6 Å². The van der Waals surface area contributed by atoms with E-state index >= 15 is 0 Å². The van der Waals surface area contributed by atoms with E-state index in [1.165, 1.54) is 28.6 Å². The van der Waals surface area contributed by atoms with Gasteiger partial charge >= 0.3 is 0 Å². The molecule has 7 heteroatoms. The Kier molecular flexibility index (Phi) is 6.98. The lowest BCUT2D eigenvalue weighted by Gasteiger charge is -2.21. The Morgan fingerprint density at radius 3 is 2.19 bits per heavy atom. The van der Waals surface area contributed by atoms with Crippen LogP contribution in [-0.2, 0) is 10.0 Å². The summed E-state index contributed by atoms with van der Waals surface area (Å²) in [5.74, 6) is -0.313. The molecule has 2 aromatic rings. The molecule has 0 aliphatic heterocycles. The number of sulfonamides is 1. The van der Waals surface area contributed by atoms with Crippen LogP contribution in [0, 0.1) is 6.92 Å². The van der Waals surface area contributed by atoms with E-state index < -0.39 is 10.0 Å². The molecule has 146 valence electrons. The summed E-state index contributed by atoms with van der Waals surface area (Å²) in [6, 6.07) is 11.3. The van der Waals surface area contributed by atoms with Gasteiger partial charge in [0, 0.05) is 30.0 Å². The van der Waals surface area contributed by atoms with Gasteiger partial charge in [0.15, 0.2) is 0 Å². The summed E-state index contributed by atoms with van der Waals surface area (Å²) >= 11 is 0. The zero-order valence-corrected chi connectivity index (χ0v) is 16.8. The normalized spacial score (nSPS) is 11.6. The summed E-state index contributed by atoms with van der Waals surface area (Å²) in [5.41, 5.74) is 8.23. The van der Waals surface area contributed by atoms with Crippen LogP contribution in [0.25, 0.3) is 0 Å². The molecule has 0 fully saturated rings. The monoisotopic (exact) mass is 389 g/mol. The standard InChI is InChI=1S/C20H27N3O3S/c1-4-12-23(13-5-2)27(25,26)18-10-7-16(8-11-18)20(24)22-19-14-17(21)9-6-15(19)3/h6-11,14H,4-5,12-13,21H2,1-3H3,(H,22,24). The number of nitrogen functional groups attached to an aromatic ring is 1. The van der Waals surface area contributed by atoms with Crippen LogP contribution >= 0.6 is 0 Å². The van der Waals surface area contributed by atoms with Crippen molar-refractivity contribution in [3.8, 4) is 0 Å². The van der Waals surface area contributed by atoms with Crippen LogP contribution in [0.1, 0.15) is 42.6 Å². The molecule has 0 saturated heterocycles. The Labute approximate surface area is 161 Å². The molecular formula is C20H27N3O3S. The minimum absolute atomic E-state index is 0.195. The summed E-state index contributed by atoms with van der Waals surface area (Å²) in [6.45, 7) is 6.73. The first-order chi connectivity index (χ1) is 12.8. The first-order valence-electron chi connectivity index (χ1n) is 9.07. The van der Waals surface area contributed by atoms with E-state index in [1.807, 2.05) is 26.8 Å². The second-order valence-electron chi connectivity index (χ2n) is 6.46. The topological polar surface area (TPSA) is 92.5 Å². The predicted molar refractivity (Wildman–Crippen MR) is 109 cm³/mol. The molecule has 1 amide bonds. The van der Waals surface area contributed by atoms with E-state index in [4.69, 9.17) is 5.73 Å². The maximum absolute atomic E-state index is 12.8. The average Bonchev–Trinajstić information content (AvgIpc) is 2.64. The Morgan fingerprint density at radius 1 is 1.04 bits per heavy atom. The van der Waals surface area contributed by atoms with E-state index in [0.717, 1.165) is 18.4 Å². The quantitative estimate of drug-likeness (QED) is 0.674. The van der Waals surface area contributed by atoms with Crippen LogP contribution in [0.3, 0.4) is 0 Å². The fourth-order valence-electron chi connectivity index (χ4n) is 2.75. The van der Waals surface area contributed by atoms with Gasteiger partial charge in [0.1, 0.15) is 0 Å². The molecule has 2 aromatic carbocycles. The van der Waals surface area contributed by atoms with E-state index in [2.05, 4.69) is 5.32 Å². The molecule has 6 nitrogen and oxygen atoms in total. The SMILES string of the molecule is CCCN(CCC)S(=O)(=O)c1ccc(C(=O)Nc2cc(N)ccc2C)cc1. The summed E-state index contributed by atoms with van der Waals surface area (Å²) in [4.78, 5) is 12.7. The number of hydrogen-bond donors (Lipinski definition) is 2. The van der Waals surface area contributed by atoms with E-state index in [0.29, 0.717) is 30.0 Å². The van der Waals surface area contributed by atoms with Crippen LogP contribution in [0.2, 0.25) is 0 Å². The van der Waals surface area contributed by atoms with Crippen molar-refractivity contribution in [2.75, 3.05) is 24.1 Å². The van der Waals surface area contributed by atoms with Crippen molar-refractivity contribution in [1.82, 2.24) is 4.31 Å². The largest absolute Gasteiger partial charge is 0.399 e. The molecule has 0 radical (unpaired) electrons. The van der Waals surface area contributed by atoms with Gasteiger partial charge < -0.3 is 11.1 Å². The van der Waals surface area contributed by atoms with E-state index in [-0.39, 0.29) is 10.8 Å². The van der Waals surface area contributed by atoms with Crippen LogP contribution in [-0.4, -0.2) is 31.7 Å². The second-order valence-corrected chi connectivity index (χ2v) is 8.39. The van der Waals surface area contributed by atoms with Crippen molar-refractivity contribution < 1.29 is 13.2 Å². The number of nitrogens with zero attached hydrogens (tertiary/aromatic N) is 1. The molecule has 0 aliphatic carbocycles. The number of anilines is 2. The first kappa shape index (κ1) is 20.9.